The minimum absolute atomic E-state index is 0.0325. The minimum Gasteiger partial charge on any atom is -0.497 e. The van der Waals surface area contributed by atoms with Crippen molar-refractivity contribution in [3.8, 4) is 5.75 Å². The minimum atomic E-state index is -3.08. The Kier molecular flexibility index (Phi) is 3.68. The lowest BCUT2D eigenvalue weighted by atomic mass is 10.2. The summed E-state index contributed by atoms with van der Waals surface area (Å²) in [6.45, 7) is 0.278. The maximum atomic E-state index is 13.6. The second-order valence-corrected chi connectivity index (χ2v) is 6.03. The number of ether oxygens (including phenoxy) is 1. The molecule has 1 atom stereocenters. The number of methoxy groups -OCH3 is 1. The van der Waals surface area contributed by atoms with Crippen molar-refractivity contribution in [2.75, 3.05) is 12.9 Å². The van der Waals surface area contributed by atoms with Crippen molar-refractivity contribution in [2.24, 2.45) is 0 Å². The molecular formula is C12H14FNO3S. The van der Waals surface area contributed by atoms with Gasteiger partial charge in [-0.15, -0.1) is 0 Å². The molecule has 98 valence electrons. The SMILES string of the molecule is COc1ccc(CNC2C=CS(=O)(=O)C2)c(F)c1. The van der Waals surface area contributed by atoms with Crippen LogP contribution in [0.25, 0.3) is 0 Å². The van der Waals surface area contributed by atoms with E-state index in [2.05, 4.69) is 5.32 Å². The first-order chi connectivity index (χ1) is 8.50. The fourth-order valence-electron chi connectivity index (χ4n) is 1.74. The van der Waals surface area contributed by atoms with Gasteiger partial charge in [-0.2, -0.15) is 0 Å². The van der Waals surface area contributed by atoms with Gasteiger partial charge < -0.3 is 10.1 Å². The van der Waals surface area contributed by atoms with Gasteiger partial charge in [0.05, 0.1) is 12.9 Å². The van der Waals surface area contributed by atoms with Crippen LogP contribution in [0.3, 0.4) is 0 Å². The van der Waals surface area contributed by atoms with Crippen LogP contribution in [-0.4, -0.2) is 27.3 Å². The molecule has 1 aliphatic heterocycles. The van der Waals surface area contributed by atoms with Crippen molar-refractivity contribution in [3.63, 3.8) is 0 Å². The lowest BCUT2D eigenvalue weighted by molar-refractivity contribution is 0.410. The van der Waals surface area contributed by atoms with Gasteiger partial charge in [0.1, 0.15) is 11.6 Å². The van der Waals surface area contributed by atoms with Crippen LogP contribution in [0.5, 0.6) is 5.75 Å². The Morgan fingerprint density at radius 1 is 1.50 bits per heavy atom. The van der Waals surface area contributed by atoms with Gasteiger partial charge in [0.25, 0.3) is 0 Å². The van der Waals surface area contributed by atoms with E-state index in [0.29, 0.717) is 11.3 Å². The highest BCUT2D eigenvalue weighted by Gasteiger charge is 2.21. The largest absolute Gasteiger partial charge is 0.497 e. The first kappa shape index (κ1) is 13.0. The van der Waals surface area contributed by atoms with Gasteiger partial charge in [-0.1, -0.05) is 12.1 Å². The maximum absolute atomic E-state index is 13.6. The maximum Gasteiger partial charge on any atom is 0.173 e. The Morgan fingerprint density at radius 3 is 2.83 bits per heavy atom. The van der Waals surface area contributed by atoms with E-state index < -0.39 is 9.84 Å². The van der Waals surface area contributed by atoms with Crippen LogP contribution in [0.1, 0.15) is 5.56 Å². The van der Waals surface area contributed by atoms with Crippen LogP contribution in [0.4, 0.5) is 4.39 Å². The van der Waals surface area contributed by atoms with Gasteiger partial charge in [0, 0.05) is 29.6 Å². The molecule has 6 heteroatoms. The molecule has 0 spiro atoms. The Bertz CT molecular complexity index is 569. The zero-order valence-electron chi connectivity index (χ0n) is 9.89. The zero-order valence-corrected chi connectivity index (χ0v) is 10.7. The van der Waals surface area contributed by atoms with Crippen LogP contribution in [0.15, 0.2) is 29.7 Å². The Morgan fingerprint density at radius 2 is 2.28 bits per heavy atom. The summed E-state index contributed by atoms with van der Waals surface area (Å²) in [7, 11) is -1.60. The Labute approximate surface area is 105 Å². The Balaban J connectivity index is 1.97. The number of hydrogen-bond donors (Lipinski definition) is 1. The van der Waals surface area contributed by atoms with Crippen LogP contribution < -0.4 is 10.1 Å². The van der Waals surface area contributed by atoms with Crippen LogP contribution in [0.2, 0.25) is 0 Å². The molecule has 18 heavy (non-hydrogen) atoms. The summed E-state index contributed by atoms with van der Waals surface area (Å²) in [5.41, 5.74) is 0.480. The molecule has 0 bridgehead atoms. The molecule has 1 aromatic carbocycles. The van der Waals surface area contributed by atoms with E-state index in [9.17, 15) is 12.8 Å². The average molecular weight is 271 g/mol. The molecule has 1 unspecified atom stereocenters. The molecule has 1 aliphatic rings. The lowest BCUT2D eigenvalue weighted by Gasteiger charge is -2.11. The van der Waals surface area contributed by atoms with E-state index in [1.807, 2.05) is 0 Å². The summed E-state index contributed by atoms with van der Waals surface area (Å²) < 4.78 is 40.9. The third-order valence-electron chi connectivity index (χ3n) is 2.75. The van der Waals surface area contributed by atoms with Gasteiger partial charge in [-0.25, -0.2) is 12.8 Å². The summed E-state index contributed by atoms with van der Waals surface area (Å²) in [6, 6.07) is 4.34. The molecule has 0 radical (unpaired) electrons. The highest BCUT2D eigenvalue weighted by molar-refractivity contribution is 7.94. The van der Waals surface area contributed by atoms with E-state index in [1.165, 1.54) is 18.6 Å². The summed E-state index contributed by atoms with van der Waals surface area (Å²) in [5.74, 6) is 0.122. The summed E-state index contributed by atoms with van der Waals surface area (Å²) in [4.78, 5) is 0. The zero-order chi connectivity index (χ0) is 13.2. The third-order valence-corrected chi connectivity index (χ3v) is 4.14. The van der Waals surface area contributed by atoms with Crippen LogP contribution in [0, 0.1) is 5.82 Å². The second kappa shape index (κ2) is 5.07. The first-order valence-corrected chi connectivity index (χ1v) is 7.18. The molecule has 1 N–H and O–H groups in total. The lowest BCUT2D eigenvalue weighted by Crippen LogP contribution is -2.29. The number of halogens is 1. The van der Waals surface area contributed by atoms with Crippen molar-refractivity contribution in [1.29, 1.82) is 0 Å². The highest BCUT2D eigenvalue weighted by Crippen LogP contribution is 2.16. The van der Waals surface area contributed by atoms with Gasteiger partial charge >= 0.3 is 0 Å². The van der Waals surface area contributed by atoms with Crippen molar-refractivity contribution < 1.29 is 17.5 Å². The number of hydrogen-bond acceptors (Lipinski definition) is 4. The average Bonchev–Trinajstić information content (AvgIpc) is 2.67. The van der Waals surface area contributed by atoms with Gasteiger partial charge in [-0.3, -0.25) is 0 Å². The second-order valence-electron chi connectivity index (χ2n) is 4.10. The monoisotopic (exact) mass is 271 g/mol. The van der Waals surface area contributed by atoms with Crippen molar-refractivity contribution in [1.82, 2.24) is 5.32 Å². The molecule has 0 amide bonds. The van der Waals surface area contributed by atoms with Gasteiger partial charge in [-0.05, 0) is 6.07 Å². The smallest absolute Gasteiger partial charge is 0.173 e. The summed E-state index contributed by atoms with van der Waals surface area (Å²) in [5, 5.41) is 4.17. The highest BCUT2D eigenvalue weighted by atomic mass is 32.2. The summed E-state index contributed by atoms with van der Waals surface area (Å²) >= 11 is 0. The van der Waals surface area contributed by atoms with E-state index in [-0.39, 0.29) is 24.2 Å². The summed E-state index contributed by atoms with van der Waals surface area (Å²) in [6.07, 6.45) is 1.58. The van der Waals surface area contributed by atoms with Crippen LogP contribution in [-0.2, 0) is 16.4 Å². The van der Waals surface area contributed by atoms with Crippen molar-refractivity contribution in [3.05, 3.63) is 41.1 Å². The molecule has 0 fully saturated rings. The molecule has 0 aromatic heterocycles. The van der Waals surface area contributed by atoms with E-state index in [4.69, 9.17) is 4.74 Å². The Hall–Kier alpha value is -1.40. The van der Waals surface area contributed by atoms with Crippen LogP contribution >= 0.6 is 0 Å². The molecule has 1 aromatic rings. The fourth-order valence-corrected chi connectivity index (χ4v) is 3.01. The van der Waals surface area contributed by atoms with Gasteiger partial charge in [0.15, 0.2) is 9.84 Å². The molecule has 0 saturated heterocycles. The normalized spacial score (nSPS) is 21.1. The molecule has 0 saturated carbocycles. The van der Waals surface area contributed by atoms with E-state index >= 15 is 0 Å². The number of benzene rings is 1. The standard InChI is InChI=1S/C12H14FNO3S/c1-17-11-3-2-9(12(13)6-11)7-14-10-4-5-18(15,16)8-10/h2-6,10,14H,7-8H2,1H3. The number of rotatable bonds is 4. The third kappa shape index (κ3) is 3.08. The first-order valence-electron chi connectivity index (χ1n) is 5.47. The number of sulfone groups is 1. The van der Waals surface area contributed by atoms with E-state index in [0.717, 1.165) is 0 Å². The fraction of sp³-hybridized carbons (Fsp3) is 0.333. The predicted octanol–water partition coefficient (Wildman–Crippen LogP) is 1.23. The molecule has 1 heterocycles. The van der Waals surface area contributed by atoms with Crippen molar-refractivity contribution >= 4 is 9.84 Å². The molecule has 4 nitrogen and oxygen atoms in total. The van der Waals surface area contributed by atoms with Gasteiger partial charge in [0.2, 0.25) is 0 Å². The predicted molar refractivity (Wildman–Crippen MR) is 66.5 cm³/mol. The number of nitrogens with one attached hydrogen (secondary N) is 1. The quantitative estimate of drug-likeness (QED) is 0.895. The molecular weight excluding hydrogens is 257 g/mol. The topological polar surface area (TPSA) is 55.4 Å². The molecule has 2 rings (SSSR count). The molecule has 0 aliphatic carbocycles. The van der Waals surface area contributed by atoms with E-state index in [1.54, 1.807) is 18.2 Å². The van der Waals surface area contributed by atoms with Crippen molar-refractivity contribution in [2.45, 2.75) is 12.6 Å².